The zero-order valence-corrected chi connectivity index (χ0v) is 17.1. The van der Waals surface area contributed by atoms with E-state index in [1.54, 1.807) is 42.6 Å². The second kappa shape index (κ2) is 8.69. The summed E-state index contributed by atoms with van der Waals surface area (Å²) in [6, 6.07) is 18.3. The fraction of sp³-hybridized carbons (Fsp3) is 0. The third-order valence-electron chi connectivity index (χ3n) is 3.85. The van der Waals surface area contributed by atoms with Crippen molar-refractivity contribution in [1.29, 1.82) is 0 Å². The van der Waals surface area contributed by atoms with Crippen LogP contribution in [0, 0.1) is 0 Å². The topological polar surface area (TPSA) is 67.0 Å². The second-order valence-electron chi connectivity index (χ2n) is 5.99. The van der Waals surface area contributed by atoms with Gasteiger partial charge in [-0.1, -0.05) is 53.5 Å². The number of nitrogens with zero attached hydrogens (tertiary/aromatic N) is 2. The first kappa shape index (κ1) is 19.5. The highest BCUT2D eigenvalue weighted by Gasteiger charge is 2.24. The van der Waals surface area contributed by atoms with Crippen LogP contribution in [-0.4, -0.2) is 17.3 Å². The third-order valence-corrected chi connectivity index (χ3v) is 5.19. The van der Waals surface area contributed by atoms with Gasteiger partial charge < -0.3 is 4.42 Å². The summed E-state index contributed by atoms with van der Waals surface area (Å²) in [5, 5.41) is 12.2. The molecule has 1 saturated heterocycles. The molecule has 0 spiro atoms. The molecule has 0 unspecified atom stereocenters. The summed E-state index contributed by atoms with van der Waals surface area (Å²) in [6.45, 7) is 0. The Labute approximate surface area is 181 Å². The van der Waals surface area contributed by atoms with Crippen molar-refractivity contribution >= 4 is 58.3 Å². The van der Waals surface area contributed by atoms with Crippen LogP contribution >= 0.6 is 35.0 Å². The summed E-state index contributed by atoms with van der Waals surface area (Å²) in [4.78, 5) is 12.6. The molecule has 0 bridgehead atoms. The molecule has 3 aromatic rings. The maximum atomic E-state index is 12.2. The molecular weight excluding hydrogens is 429 g/mol. The largest absolute Gasteiger partial charge is 0.457 e. The Balaban J connectivity index is 1.49. The van der Waals surface area contributed by atoms with E-state index in [4.69, 9.17) is 27.6 Å². The minimum Gasteiger partial charge on any atom is -0.457 e. The van der Waals surface area contributed by atoms with Crippen LogP contribution < -0.4 is 5.32 Å². The highest BCUT2D eigenvalue weighted by atomic mass is 35.5. The Morgan fingerprint density at radius 2 is 1.76 bits per heavy atom. The van der Waals surface area contributed by atoms with Gasteiger partial charge in [0.05, 0.1) is 11.1 Å². The Morgan fingerprint density at radius 1 is 1.00 bits per heavy atom. The van der Waals surface area contributed by atoms with Crippen LogP contribution in [0.5, 0.6) is 0 Å². The van der Waals surface area contributed by atoms with E-state index in [9.17, 15) is 4.79 Å². The lowest BCUT2D eigenvalue weighted by molar-refractivity contribution is -0.115. The van der Waals surface area contributed by atoms with Gasteiger partial charge in [-0.3, -0.25) is 10.1 Å². The number of furan rings is 1. The van der Waals surface area contributed by atoms with Crippen molar-refractivity contribution in [2.45, 2.75) is 0 Å². The SMILES string of the molecule is O=C1N/C(=N\N=C\c2ccccc2)S/C1=C/c1ccc(-c2cc(Cl)cc(Cl)c2)o1. The van der Waals surface area contributed by atoms with Gasteiger partial charge in [0.25, 0.3) is 5.91 Å². The standard InChI is InChI=1S/C21H13Cl2N3O2S/c22-15-8-14(9-16(23)10-15)18-7-6-17(28-18)11-19-20(27)25-21(29-19)26-24-12-13-4-2-1-3-5-13/h1-12H,(H,25,26,27)/b19-11+,24-12+. The van der Waals surface area contributed by atoms with E-state index >= 15 is 0 Å². The van der Waals surface area contributed by atoms with E-state index < -0.39 is 0 Å². The average Bonchev–Trinajstić information content (AvgIpc) is 3.29. The Morgan fingerprint density at radius 3 is 2.52 bits per heavy atom. The van der Waals surface area contributed by atoms with Gasteiger partial charge >= 0.3 is 0 Å². The summed E-state index contributed by atoms with van der Waals surface area (Å²) < 4.78 is 5.81. The van der Waals surface area contributed by atoms with E-state index in [2.05, 4.69) is 15.5 Å². The number of carbonyl (C=O) groups is 1. The predicted octanol–water partition coefficient (Wildman–Crippen LogP) is 5.85. The fourth-order valence-electron chi connectivity index (χ4n) is 2.57. The highest BCUT2D eigenvalue weighted by molar-refractivity contribution is 8.18. The molecule has 5 nitrogen and oxygen atoms in total. The van der Waals surface area contributed by atoms with Gasteiger partial charge in [0.2, 0.25) is 0 Å². The molecular formula is C21H13Cl2N3O2S. The van der Waals surface area contributed by atoms with Gasteiger partial charge in [0, 0.05) is 21.7 Å². The zero-order chi connectivity index (χ0) is 20.2. The van der Waals surface area contributed by atoms with Gasteiger partial charge in [0.15, 0.2) is 5.17 Å². The molecule has 4 rings (SSSR count). The molecule has 0 aliphatic carbocycles. The van der Waals surface area contributed by atoms with Gasteiger partial charge in [-0.05, 0) is 47.7 Å². The molecule has 2 heterocycles. The maximum Gasteiger partial charge on any atom is 0.264 e. The van der Waals surface area contributed by atoms with Crippen LogP contribution in [0.2, 0.25) is 10.0 Å². The Kier molecular flexibility index (Phi) is 5.85. The van der Waals surface area contributed by atoms with Crippen molar-refractivity contribution in [1.82, 2.24) is 5.32 Å². The number of benzene rings is 2. The quantitative estimate of drug-likeness (QED) is 0.313. The first-order valence-corrected chi connectivity index (χ1v) is 10.1. The van der Waals surface area contributed by atoms with Crippen molar-refractivity contribution in [2.75, 3.05) is 0 Å². The number of nitrogens with one attached hydrogen (secondary N) is 1. The molecule has 0 saturated carbocycles. The average molecular weight is 442 g/mol. The normalized spacial score (nSPS) is 16.8. The van der Waals surface area contributed by atoms with Crippen molar-refractivity contribution < 1.29 is 9.21 Å². The summed E-state index contributed by atoms with van der Waals surface area (Å²) in [6.07, 6.45) is 3.27. The number of carbonyl (C=O) groups excluding carboxylic acids is 1. The number of hydrogen-bond donors (Lipinski definition) is 1. The van der Waals surface area contributed by atoms with E-state index in [0.29, 0.717) is 31.6 Å². The molecule has 144 valence electrons. The summed E-state index contributed by atoms with van der Waals surface area (Å²) >= 11 is 13.3. The summed E-state index contributed by atoms with van der Waals surface area (Å²) in [5.74, 6) is 0.876. The number of hydrogen-bond acceptors (Lipinski definition) is 5. The monoisotopic (exact) mass is 441 g/mol. The number of amides is 1. The zero-order valence-electron chi connectivity index (χ0n) is 14.8. The second-order valence-corrected chi connectivity index (χ2v) is 7.89. The van der Waals surface area contributed by atoms with Crippen LogP contribution in [0.15, 0.2) is 80.2 Å². The summed E-state index contributed by atoms with van der Waals surface area (Å²) in [5.41, 5.74) is 1.68. The van der Waals surface area contributed by atoms with E-state index in [1.807, 2.05) is 30.3 Å². The van der Waals surface area contributed by atoms with Crippen LogP contribution in [-0.2, 0) is 4.79 Å². The van der Waals surface area contributed by atoms with E-state index in [1.165, 1.54) is 11.8 Å². The summed E-state index contributed by atoms with van der Waals surface area (Å²) in [7, 11) is 0. The smallest absolute Gasteiger partial charge is 0.264 e. The number of amidine groups is 1. The molecule has 1 aliphatic heterocycles. The number of halogens is 2. The van der Waals surface area contributed by atoms with Crippen LogP contribution in [0.25, 0.3) is 17.4 Å². The van der Waals surface area contributed by atoms with Gasteiger partial charge in [-0.15, -0.1) is 5.10 Å². The first-order chi connectivity index (χ1) is 14.1. The van der Waals surface area contributed by atoms with Crippen molar-refractivity contribution in [3.8, 4) is 11.3 Å². The van der Waals surface area contributed by atoms with Gasteiger partial charge in [0.1, 0.15) is 11.5 Å². The fourth-order valence-corrected chi connectivity index (χ4v) is 3.86. The molecule has 2 aromatic carbocycles. The molecule has 1 N–H and O–H groups in total. The van der Waals surface area contributed by atoms with Crippen molar-refractivity contribution in [3.63, 3.8) is 0 Å². The number of thioether (sulfide) groups is 1. The molecule has 0 radical (unpaired) electrons. The lowest BCUT2D eigenvalue weighted by atomic mass is 10.2. The van der Waals surface area contributed by atoms with Crippen LogP contribution in [0.1, 0.15) is 11.3 Å². The molecule has 1 fully saturated rings. The van der Waals surface area contributed by atoms with E-state index in [0.717, 1.165) is 11.1 Å². The lowest BCUT2D eigenvalue weighted by Gasteiger charge is -1.99. The predicted molar refractivity (Wildman–Crippen MR) is 119 cm³/mol. The van der Waals surface area contributed by atoms with Crippen molar-refractivity contribution in [2.24, 2.45) is 10.2 Å². The molecule has 1 aromatic heterocycles. The maximum absolute atomic E-state index is 12.2. The highest BCUT2D eigenvalue weighted by Crippen LogP contribution is 2.31. The lowest BCUT2D eigenvalue weighted by Crippen LogP contribution is -2.19. The minimum absolute atomic E-state index is 0.257. The minimum atomic E-state index is -0.257. The molecule has 1 aliphatic rings. The Bertz CT molecular complexity index is 1130. The molecule has 29 heavy (non-hydrogen) atoms. The first-order valence-electron chi connectivity index (χ1n) is 8.50. The van der Waals surface area contributed by atoms with Gasteiger partial charge in [-0.25, -0.2) is 0 Å². The Hall–Kier alpha value is -2.80. The van der Waals surface area contributed by atoms with Crippen LogP contribution in [0.3, 0.4) is 0 Å². The third kappa shape index (κ3) is 4.98. The van der Waals surface area contributed by atoms with Crippen LogP contribution in [0.4, 0.5) is 0 Å². The van der Waals surface area contributed by atoms with Gasteiger partial charge in [-0.2, -0.15) is 5.10 Å². The molecule has 8 heteroatoms. The number of rotatable bonds is 4. The molecule has 0 atom stereocenters. The van der Waals surface area contributed by atoms with E-state index in [-0.39, 0.29) is 5.91 Å². The molecule has 1 amide bonds. The van der Waals surface area contributed by atoms with Crippen molar-refractivity contribution in [3.05, 3.63) is 86.9 Å².